The number of nitrogens with one attached hydrogen (secondary N) is 1. The molecular weight excluding hydrogens is 234 g/mol. The summed E-state index contributed by atoms with van der Waals surface area (Å²) in [6.07, 6.45) is 1.12. The SMILES string of the molecule is CC1CC(Nc2ccc(C#N)cc2Cl)CN1C. The maximum Gasteiger partial charge on any atom is 0.0992 e. The number of nitrogens with zero attached hydrogens (tertiary/aromatic N) is 2. The number of nitriles is 1. The summed E-state index contributed by atoms with van der Waals surface area (Å²) in [4.78, 5) is 2.33. The molecule has 90 valence electrons. The second-order valence-electron chi connectivity index (χ2n) is 4.67. The fraction of sp³-hybridized carbons (Fsp3) is 0.462. The van der Waals surface area contributed by atoms with E-state index in [0.29, 0.717) is 22.7 Å². The number of likely N-dealkylation sites (tertiary alicyclic amines) is 1. The number of benzene rings is 1. The Morgan fingerprint density at radius 2 is 2.29 bits per heavy atom. The summed E-state index contributed by atoms with van der Waals surface area (Å²) in [6, 6.07) is 8.48. The second-order valence-corrected chi connectivity index (χ2v) is 5.08. The highest BCUT2D eigenvalue weighted by molar-refractivity contribution is 6.33. The van der Waals surface area contributed by atoms with Gasteiger partial charge in [-0.15, -0.1) is 0 Å². The first-order chi connectivity index (χ1) is 8.10. The second kappa shape index (κ2) is 4.95. The van der Waals surface area contributed by atoms with Gasteiger partial charge in [-0.2, -0.15) is 5.26 Å². The van der Waals surface area contributed by atoms with Crippen molar-refractivity contribution in [3.05, 3.63) is 28.8 Å². The van der Waals surface area contributed by atoms with E-state index in [1.165, 1.54) is 0 Å². The predicted octanol–water partition coefficient (Wildman–Crippen LogP) is 2.72. The Morgan fingerprint density at radius 1 is 1.53 bits per heavy atom. The lowest BCUT2D eigenvalue weighted by molar-refractivity contribution is 0.330. The van der Waals surface area contributed by atoms with Crippen molar-refractivity contribution in [2.24, 2.45) is 0 Å². The van der Waals surface area contributed by atoms with Gasteiger partial charge in [-0.3, -0.25) is 0 Å². The van der Waals surface area contributed by atoms with Crippen LogP contribution in [0.4, 0.5) is 5.69 Å². The van der Waals surface area contributed by atoms with Gasteiger partial charge in [0.05, 0.1) is 22.3 Å². The van der Waals surface area contributed by atoms with Gasteiger partial charge in [-0.1, -0.05) is 11.6 Å². The Kier molecular flexibility index (Phi) is 3.56. The quantitative estimate of drug-likeness (QED) is 0.876. The topological polar surface area (TPSA) is 39.1 Å². The van der Waals surface area contributed by atoms with Crippen LogP contribution in [0.2, 0.25) is 5.02 Å². The van der Waals surface area contributed by atoms with Crippen LogP contribution in [0, 0.1) is 11.3 Å². The Labute approximate surface area is 107 Å². The number of likely N-dealkylation sites (N-methyl/N-ethyl adjacent to an activating group) is 1. The molecule has 0 aromatic heterocycles. The Balaban J connectivity index is 2.07. The minimum atomic E-state index is 0.431. The molecule has 1 saturated heterocycles. The Bertz CT molecular complexity index is 442. The first kappa shape index (κ1) is 12.2. The Hall–Kier alpha value is -1.24. The van der Waals surface area contributed by atoms with Crippen LogP contribution >= 0.6 is 11.6 Å². The molecular formula is C13H16ClN3. The van der Waals surface area contributed by atoms with Crippen LogP contribution in [0.5, 0.6) is 0 Å². The minimum Gasteiger partial charge on any atom is -0.380 e. The van der Waals surface area contributed by atoms with Crippen LogP contribution in [-0.2, 0) is 0 Å². The molecule has 1 N–H and O–H groups in total. The minimum absolute atomic E-state index is 0.431. The summed E-state index contributed by atoms with van der Waals surface area (Å²) >= 11 is 6.13. The van der Waals surface area contributed by atoms with Crippen molar-refractivity contribution >= 4 is 17.3 Å². The zero-order valence-electron chi connectivity index (χ0n) is 10.1. The van der Waals surface area contributed by atoms with Crippen LogP contribution in [-0.4, -0.2) is 30.6 Å². The molecule has 1 aliphatic rings. The highest BCUT2D eigenvalue weighted by Crippen LogP contribution is 2.26. The van der Waals surface area contributed by atoms with E-state index in [9.17, 15) is 0 Å². The molecule has 17 heavy (non-hydrogen) atoms. The number of halogens is 1. The molecule has 1 heterocycles. The molecule has 2 unspecified atom stereocenters. The molecule has 4 heteroatoms. The molecule has 1 fully saturated rings. The summed E-state index contributed by atoms with van der Waals surface area (Å²) < 4.78 is 0. The molecule has 1 aliphatic heterocycles. The van der Waals surface area contributed by atoms with E-state index in [1.54, 1.807) is 12.1 Å². The van der Waals surface area contributed by atoms with Gasteiger partial charge in [-0.05, 0) is 38.6 Å². The van der Waals surface area contributed by atoms with E-state index in [1.807, 2.05) is 6.07 Å². The van der Waals surface area contributed by atoms with Crippen molar-refractivity contribution in [1.82, 2.24) is 4.90 Å². The van der Waals surface area contributed by atoms with E-state index in [4.69, 9.17) is 16.9 Å². The number of hydrogen-bond donors (Lipinski definition) is 1. The zero-order valence-corrected chi connectivity index (χ0v) is 10.8. The maximum atomic E-state index is 8.77. The van der Waals surface area contributed by atoms with Gasteiger partial charge in [-0.25, -0.2) is 0 Å². The fourth-order valence-electron chi connectivity index (χ4n) is 2.22. The number of hydrogen-bond acceptors (Lipinski definition) is 3. The van der Waals surface area contributed by atoms with E-state index < -0.39 is 0 Å². The van der Waals surface area contributed by atoms with Crippen LogP contribution in [0.25, 0.3) is 0 Å². The highest BCUT2D eigenvalue weighted by Gasteiger charge is 2.26. The van der Waals surface area contributed by atoms with Crippen molar-refractivity contribution in [1.29, 1.82) is 5.26 Å². The van der Waals surface area contributed by atoms with Gasteiger partial charge in [0.25, 0.3) is 0 Å². The molecule has 0 radical (unpaired) electrons. The zero-order chi connectivity index (χ0) is 12.4. The molecule has 2 atom stereocenters. The van der Waals surface area contributed by atoms with E-state index >= 15 is 0 Å². The van der Waals surface area contributed by atoms with Gasteiger partial charge >= 0.3 is 0 Å². The lowest BCUT2D eigenvalue weighted by Gasteiger charge is -2.15. The normalized spacial score (nSPS) is 24.6. The van der Waals surface area contributed by atoms with E-state index in [0.717, 1.165) is 18.7 Å². The summed E-state index contributed by atoms with van der Waals surface area (Å²) in [7, 11) is 2.13. The summed E-state index contributed by atoms with van der Waals surface area (Å²) in [6.45, 7) is 3.25. The molecule has 0 amide bonds. The predicted molar refractivity (Wildman–Crippen MR) is 70.3 cm³/mol. The lowest BCUT2D eigenvalue weighted by Crippen LogP contribution is -2.24. The maximum absolute atomic E-state index is 8.77. The van der Waals surface area contributed by atoms with Gasteiger partial charge in [0.1, 0.15) is 0 Å². The third-order valence-electron chi connectivity index (χ3n) is 3.34. The van der Waals surface area contributed by atoms with Crippen LogP contribution in [0.1, 0.15) is 18.9 Å². The molecule has 0 spiro atoms. The van der Waals surface area contributed by atoms with E-state index in [-0.39, 0.29) is 0 Å². The van der Waals surface area contributed by atoms with Crippen LogP contribution in [0.3, 0.4) is 0 Å². The average Bonchev–Trinajstić information content (AvgIpc) is 2.61. The average molecular weight is 250 g/mol. The monoisotopic (exact) mass is 249 g/mol. The third kappa shape index (κ3) is 2.71. The third-order valence-corrected chi connectivity index (χ3v) is 3.66. The smallest absolute Gasteiger partial charge is 0.0992 e. The molecule has 0 bridgehead atoms. The molecule has 1 aromatic carbocycles. The van der Waals surface area contributed by atoms with Crippen molar-refractivity contribution in [3.8, 4) is 6.07 Å². The van der Waals surface area contributed by atoms with Crippen LogP contribution in [0.15, 0.2) is 18.2 Å². The highest BCUT2D eigenvalue weighted by atomic mass is 35.5. The number of rotatable bonds is 2. The first-order valence-corrected chi connectivity index (χ1v) is 6.14. The van der Waals surface area contributed by atoms with Gasteiger partial charge < -0.3 is 10.2 Å². The summed E-state index contributed by atoms with van der Waals surface area (Å²) in [5, 5.41) is 12.8. The van der Waals surface area contributed by atoms with Gasteiger partial charge in [0, 0.05) is 18.6 Å². The molecule has 1 aromatic rings. The Morgan fingerprint density at radius 3 is 2.82 bits per heavy atom. The van der Waals surface area contributed by atoms with Crippen LogP contribution < -0.4 is 5.32 Å². The molecule has 0 saturated carbocycles. The standard InChI is InChI=1S/C13H16ClN3/c1-9-5-11(8-17(9)2)16-13-4-3-10(7-15)6-12(13)14/h3-4,6,9,11,16H,5,8H2,1-2H3. The van der Waals surface area contributed by atoms with Gasteiger partial charge in [0.2, 0.25) is 0 Å². The van der Waals surface area contributed by atoms with Crippen molar-refractivity contribution in [2.75, 3.05) is 18.9 Å². The molecule has 3 nitrogen and oxygen atoms in total. The van der Waals surface area contributed by atoms with E-state index in [2.05, 4.69) is 30.3 Å². The first-order valence-electron chi connectivity index (χ1n) is 5.76. The summed E-state index contributed by atoms with van der Waals surface area (Å²) in [5.74, 6) is 0. The van der Waals surface area contributed by atoms with Crippen molar-refractivity contribution in [2.45, 2.75) is 25.4 Å². The lowest BCUT2D eigenvalue weighted by atomic mass is 10.1. The molecule has 0 aliphatic carbocycles. The summed E-state index contributed by atoms with van der Waals surface area (Å²) in [5.41, 5.74) is 1.51. The van der Waals surface area contributed by atoms with Gasteiger partial charge in [0.15, 0.2) is 0 Å². The number of anilines is 1. The van der Waals surface area contributed by atoms with Crippen molar-refractivity contribution < 1.29 is 0 Å². The van der Waals surface area contributed by atoms with Crippen molar-refractivity contribution in [3.63, 3.8) is 0 Å². The molecule has 2 rings (SSSR count). The fourth-order valence-corrected chi connectivity index (χ4v) is 2.46. The largest absolute Gasteiger partial charge is 0.380 e.